The topological polar surface area (TPSA) is 12.0 Å². The highest BCUT2D eigenvalue weighted by Crippen LogP contribution is 2.45. The van der Waals surface area contributed by atoms with Crippen LogP contribution in [0.4, 0.5) is 0 Å². The van der Waals surface area contributed by atoms with Crippen LogP contribution in [0.15, 0.2) is 0 Å². The lowest BCUT2D eigenvalue weighted by Gasteiger charge is -2.58. The first-order valence-corrected chi connectivity index (χ1v) is 3.45. The first-order valence-electron chi connectivity index (χ1n) is 3.04. The number of thiocarbonyl (C=S) groups is 1. The maximum atomic E-state index is 5.00. The highest BCUT2D eigenvalue weighted by Gasteiger charge is 2.53. The lowest BCUT2D eigenvalue weighted by molar-refractivity contribution is 0.128. The van der Waals surface area contributed by atoms with E-state index in [9.17, 15) is 0 Å². The third-order valence-corrected chi connectivity index (χ3v) is 2.83. The summed E-state index contributed by atoms with van der Waals surface area (Å²) in [6.07, 6.45) is 2.64. The molecule has 1 aliphatic heterocycles. The summed E-state index contributed by atoms with van der Waals surface area (Å²) in [4.78, 5) is 1.10. The number of hydrogen-bond acceptors (Lipinski definition) is 1. The van der Waals surface area contributed by atoms with Gasteiger partial charge in [0.15, 0.2) is 0 Å². The standard InChI is InChI=1S/C6H9NS/c1-6-3-2-4(6)5(8)7-6/h4H,2-3H2,1H3,(H,7,8). The van der Waals surface area contributed by atoms with Gasteiger partial charge >= 0.3 is 0 Å². The summed E-state index contributed by atoms with van der Waals surface area (Å²) in [7, 11) is 0. The predicted molar refractivity (Wildman–Crippen MR) is 36.9 cm³/mol. The van der Waals surface area contributed by atoms with Crippen LogP contribution < -0.4 is 5.32 Å². The maximum Gasteiger partial charge on any atom is 0.0812 e. The van der Waals surface area contributed by atoms with Crippen LogP contribution in [0.2, 0.25) is 0 Å². The van der Waals surface area contributed by atoms with Crippen LogP contribution in [-0.4, -0.2) is 10.5 Å². The van der Waals surface area contributed by atoms with Crippen LogP contribution >= 0.6 is 12.2 Å². The Kier molecular flexibility index (Phi) is 0.639. The number of rotatable bonds is 0. The lowest BCUT2D eigenvalue weighted by atomic mass is 9.62. The minimum atomic E-state index is 0.442. The normalized spacial score (nSPS) is 50.6. The zero-order valence-corrected chi connectivity index (χ0v) is 5.72. The molecular formula is C6H9NS. The number of fused-ring (bicyclic) bond motifs is 1. The van der Waals surface area contributed by atoms with Crippen molar-refractivity contribution in [1.82, 2.24) is 5.32 Å². The molecule has 1 nitrogen and oxygen atoms in total. The Morgan fingerprint density at radius 1 is 1.88 bits per heavy atom. The van der Waals surface area contributed by atoms with E-state index in [-0.39, 0.29) is 0 Å². The van der Waals surface area contributed by atoms with E-state index in [2.05, 4.69) is 12.2 Å². The summed E-state index contributed by atoms with van der Waals surface area (Å²) in [5.74, 6) is 0.748. The van der Waals surface area contributed by atoms with Crippen LogP contribution in [0.25, 0.3) is 0 Å². The van der Waals surface area contributed by atoms with Crippen molar-refractivity contribution in [1.29, 1.82) is 0 Å². The smallest absolute Gasteiger partial charge is 0.0812 e. The molecule has 1 saturated carbocycles. The average molecular weight is 127 g/mol. The molecule has 0 radical (unpaired) electrons. The Morgan fingerprint density at radius 3 is 2.62 bits per heavy atom. The number of hydrogen-bond donors (Lipinski definition) is 1. The van der Waals surface area contributed by atoms with Gasteiger partial charge in [-0.2, -0.15) is 0 Å². The zero-order valence-electron chi connectivity index (χ0n) is 4.90. The molecule has 0 bridgehead atoms. The molecule has 0 amide bonds. The SMILES string of the molecule is CC12CCC1C(=S)N2. The van der Waals surface area contributed by atoms with Crippen molar-refractivity contribution < 1.29 is 0 Å². The number of piperidine rings is 1. The molecular weight excluding hydrogens is 118 g/mol. The molecule has 2 rings (SSSR count). The van der Waals surface area contributed by atoms with E-state index in [1.807, 2.05) is 0 Å². The van der Waals surface area contributed by atoms with E-state index in [1.54, 1.807) is 0 Å². The third kappa shape index (κ3) is 0.323. The number of nitrogens with one attached hydrogen (secondary N) is 1. The quantitative estimate of drug-likeness (QED) is 0.489. The summed E-state index contributed by atoms with van der Waals surface area (Å²) in [6, 6.07) is 0. The second-order valence-corrected chi connectivity index (χ2v) is 3.44. The predicted octanol–water partition coefficient (Wildman–Crippen LogP) is 1.09. The summed E-state index contributed by atoms with van der Waals surface area (Å²) < 4.78 is 0. The first-order chi connectivity index (χ1) is 3.72. The van der Waals surface area contributed by atoms with Crippen molar-refractivity contribution in [3.05, 3.63) is 0 Å². The van der Waals surface area contributed by atoms with Gasteiger partial charge in [-0.3, -0.25) is 0 Å². The van der Waals surface area contributed by atoms with E-state index < -0.39 is 0 Å². The monoisotopic (exact) mass is 127 g/mol. The second kappa shape index (κ2) is 1.08. The Labute approximate surface area is 54.5 Å². The van der Waals surface area contributed by atoms with Crippen LogP contribution in [0.1, 0.15) is 19.8 Å². The fourth-order valence-corrected chi connectivity index (χ4v) is 2.19. The maximum absolute atomic E-state index is 5.00. The largest absolute Gasteiger partial charge is 0.373 e. The van der Waals surface area contributed by atoms with E-state index >= 15 is 0 Å². The van der Waals surface area contributed by atoms with Gasteiger partial charge in [0.05, 0.1) is 4.99 Å². The Morgan fingerprint density at radius 2 is 2.62 bits per heavy atom. The summed E-state index contributed by atoms with van der Waals surface area (Å²) >= 11 is 5.00. The van der Waals surface area contributed by atoms with E-state index in [4.69, 9.17) is 12.2 Å². The van der Waals surface area contributed by atoms with E-state index in [0.717, 1.165) is 10.9 Å². The molecule has 1 N–H and O–H groups in total. The van der Waals surface area contributed by atoms with Crippen molar-refractivity contribution in [3.8, 4) is 0 Å². The Bertz CT molecular complexity index is 155. The van der Waals surface area contributed by atoms with Crippen molar-refractivity contribution in [2.45, 2.75) is 25.3 Å². The van der Waals surface area contributed by atoms with Gasteiger partial charge in [0.1, 0.15) is 0 Å². The molecule has 1 saturated heterocycles. The van der Waals surface area contributed by atoms with Crippen molar-refractivity contribution in [3.63, 3.8) is 0 Å². The van der Waals surface area contributed by atoms with Gasteiger partial charge in [0.2, 0.25) is 0 Å². The van der Waals surface area contributed by atoms with Gasteiger partial charge in [-0.1, -0.05) is 12.2 Å². The minimum Gasteiger partial charge on any atom is -0.373 e. The van der Waals surface area contributed by atoms with Crippen molar-refractivity contribution in [2.24, 2.45) is 5.92 Å². The lowest BCUT2D eigenvalue weighted by Crippen LogP contribution is -2.72. The highest BCUT2D eigenvalue weighted by atomic mass is 32.1. The van der Waals surface area contributed by atoms with Gasteiger partial charge in [0.25, 0.3) is 0 Å². The van der Waals surface area contributed by atoms with Gasteiger partial charge in [0, 0.05) is 11.5 Å². The van der Waals surface area contributed by atoms with Crippen LogP contribution in [0.5, 0.6) is 0 Å². The molecule has 1 aliphatic carbocycles. The fraction of sp³-hybridized carbons (Fsp3) is 0.833. The average Bonchev–Trinajstić information content (AvgIpc) is 1.64. The van der Waals surface area contributed by atoms with Gasteiger partial charge in [-0.05, 0) is 19.8 Å². The van der Waals surface area contributed by atoms with Crippen LogP contribution in [0, 0.1) is 5.92 Å². The fourth-order valence-electron chi connectivity index (χ4n) is 1.58. The summed E-state index contributed by atoms with van der Waals surface area (Å²) in [5.41, 5.74) is 0.442. The molecule has 2 fully saturated rings. The van der Waals surface area contributed by atoms with E-state index in [0.29, 0.717) is 5.54 Å². The van der Waals surface area contributed by atoms with Crippen molar-refractivity contribution >= 4 is 17.2 Å². The molecule has 2 unspecified atom stereocenters. The summed E-state index contributed by atoms with van der Waals surface area (Å²) in [5, 5.41) is 3.25. The molecule has 2 heteroatoms. The molecule has 0 spiro atoms. The second-order valence-electron chi connectivity index (χ2n) is 3.00. The third-order valence-electron chi connectivity index (χ3n) is 2.45. The van der Waals surface area contributed by atoms with E-state index in [1.165, 1.54) is 12.8 Å². The van der Waals surface area contributed by atoms with Gasteiger partial charge in [-0.15, -0.1) is 0 Å². The molecule has 8 heavy (non-hydrogen) atoms. The molecule has 1 heterocycles. The molecule has 0 aromatic carbocycles. The van der Waals surface area contributed by atoms with Crippen LogP contribution in [-0.2, 0) is 0 Å². The molecule has 2 aliphatic rings. The highest BCUT2D eigenvalue weighted by molar-refractivity contribution is 7.80. The molecule has 0 aromatic heterocycles. The zero-order chi connectivity index (χ0) is 5.78. The first kappa shape index (κ1) is 4.74. The van der Waals surface area contributed by atoms with Crippen LogP contribution in [0.3, 0.4) is 0 Å². The molecule has 2 atom stereocenters. The van der Waals surface area contributed by atoms with Crippen molar-refractivity contribution in [2.75, 3.05) is 0 Å². The Balaban J connectivity index is 2.19. The molecule has 44 valence electrons. The van der Waals surface area contributed by atoms with Gasteiger partial charge < -0.3 is 5.32 Å². The minimum absolute atomic E-state index is 0.442. The van der Waals surface area contributed by atoms with Gasteiger partial charge in [-0.25, -0.2) is 0 Å². The summed E-state index contributed by atoms with van der Waals surface area (Å²) in [6.45, 7) is 2.25. The Hall–Kier alpha value is -0.110. The molecule has 0 aromatic rings.